The zero-order valence-electron chi connectivity index (χ0n) is 19.8. The zero-order valence-corrected chi connectivity index (χ0v) is 19.8. The molecule has 2 heterocycles. The van der Waals surface area contributed by atoms with Crippen molar-refractivity contribution in [2.75, 3.05) is 13.6 Å². The van der Waals surface area contributed by atoms with E-state index in [-0.39, 0.29) is 5.91 Å². The van der Waals surface area contributed by atoms with Crippen LogP contribution in [-0.2, 0) is 13.0 Å². The lowest BCUT2D eigenvalue weighted by atomic mass is 10.0. The average molecular weight is 456 g/mol. The minimum atomic E-state index is -0.00689. The van der Waals surface area contributed by atoms with Crippen LogP contribution >= 0.6 is 0 Å². The Bertz CT molecular complexity index is 1210. The van der Waals surface area contributed by atoms with Crippen molar-refractivity contribution in [3.63, 3.8) is 0 Å². The molecule has 0 aliphatic heterocycles. The molecule has 0 aliphatic rings. The number of hydrogen-bond donors (Lipinski definition) is 0. The molecule has 0 saturated carbocycles. The van der Waals surface area contributed by atoms with Crippen LogP contribution in [0.3, 0.4) is 0 Å². The van der Waals surface area contributed by atoms with Gasteiger partial charge in [0.25, 0.3) is 5.91 Å². The van der Waals surface area contributed by atoms with Gasteiger partial charge in [-0.2, -0.15) is 0 Å². The smallest absolute Gasteiger partial charge is 0.253 e. The highest BCUT2D eigenvalue weighted by molar-refractivity contribution is 5.94. The summed E-state index contributed by atoms with van der Waals surface area (Å²) in [6, 6.07) is 19.6. The number of carbonyl (C=O) groups excluding carboxylic acids is 1. The van der Waals surface area contributed by atoms with E-state index in [1.54, 1.807) is 17.3 Å². The first-order valence-electron chi connectivity index (χ1n) is 11.4. The Morgan fingerprint density at radius 2 is 1.79 bits per heavy atom. The van der Waals surface area contributed by atoms with Gasteiger partial charge in [0, 0.05) is 55.2 Å². The minimum Gasteiger partial charge on any atom is -0.488 e. The molecule has 0 N–H and O–H groups in total. The molecule has 0 spiro atoms. The van der Waals surface area contributed by atoms with Crippen molar-refractivity contribution < 1.29 is 14.1 Å². The first kappa shape index (κ1) is 23.2. The molecule has 6 heteroatoms. The Morgan fingerprint density at radius 1 is 1.03 bits per heavy atom. The van der Waals surface area contributed by atoms with Crippen LogP contribution in [0.15, 0.2) is 77.6 Å². The number of rotatable bonds is 9. The summed E-state index contributed by atoms with van der Waals surface area (Å²) in [4.78, 5) is 18.9. The SMILES string of the molecule is Cc1cc(C(=O)N(C)CCCc2cc(-c3ccccc3)no2)cc(C)c1OCc1cccnc1. The molecule has 0 bridgehead atoms. The van der Waals surface area contributed by atoms with E-state index in [9.17, 15) is 4.79 Å². The molecule has 0 radical (unpaired) electrons. The molecule has 0 atom stereocenters. The van der Waals surface area contributed by atoms with Gasteiger partial charge in [-0.1, -0.05) is 41.6 Å². The molecular weight excluding hydrogens is 426 g/mol. The third kappa shape index (κ3) is 5.70. The van der Waals surface area contributed by atoms with E-state index in [0.29, 0.717) is 18.7 Å². The number of aromatic nitrogens is 2. The summed E-state index contributed by atoms with van der Waals surface area (Å²) < 4.78 is 11.5. The maximum atomic E-state index is 13.0. The number of pyridine rings is 1. The molecule has 6 nitrogen and oxygen atoms in total. The number of amides is 1. The van der Waals surface area contributed by atoms with Gasteiger partial charge in [-0.15, -0.1) is 0 Å². The van der Waals surface area contributed by atoms with Crippen LogP contribution in [0.4, 0.5) is 0 Å². The van der Waals surface area contributed by atoms with E-state index in [2.05, 4.69) is 10.1 Å². The van der Waals surface area contributed by atoms with Gasteiger partial charge in [0.1, 0.15) is 23.8 Å². The fourth-order valence-electron chi connectivity index (χ4n) is 3.93. The van der Waals surface area contributed by atoms with Crippen molar-refractivity contribution in [3.05, 3.63) is 101 Å². The van der Waals surface area contributed by atoms with Gasteiger partial charge in [-0.05, 0) is 49.6 Å². The normalized spacial score (nSPS) is 10.8. The summed E-state index contributed by atoms with van der Waals surface area (Å²) in [5.41, 5.74) is 5.41. The van der Waals surface area contributed by atoms with Crippen molar-refractivity contribution in [3.8, 4) is 17.0 Å². The topological polar surface area (TPSA) is 68.5 Å². The van der Waals surface area contributed by atoms with Crippen LogP contribution in [-0.4, -0.2) is 34.5 Å². The maximum absolute atomic E-state index is 13.0. The summed E-state index contributed by atoms with van der Waals surface area (Å²) in [5, 5.41) is 4.16. The van der Waals surface area contributed by atoms with Crippen LogP contribution in [0.5, 0.6) is 5.75 Å². The lowest BCUT2D eigenvalue weighted by Crippen LogP contribution is -2.28. The number of ether oxygens (including phenoxy) is 1. The second-order valence-corrected chi connectivity index (χ2v) is 8.46. The van der Waals surface area contributed by atoms with E-state index in [4.69, 9.17) is 9.26 Å². The summed E-state index contributed by atoms with van der Waals surface area (Å²) >= 11 is 0. The van der Waals surface area contributed by atoms with Crippen LogP contribution in [0.2, 0.25) is 0 Å². The summed E-state index contributed by atoms with van der Waals surface area (Å²) in [5.74, 6) is 1.62. The van der Waals surface area contributed by atoms with Crippen molar-refractivity contribution in [2.24, 2.45) is 0 Å². The van der Waals surface area contributed by atoms with E-state index >= 15 is 0 Å². The van der Waals surface area contributed by atoms with Gasteiger partial charge in [-0.25, -0.2) is 0 Å². The lowest BCUT2D eigenvalue weighted by Gasteiger charge is -2.19. The summed E-state index contributed by atoms with van der Waals surface area (Å²) in [7, 11) is 1.83. The van der Waals surface area contributed by atoms with Gasteiger partial charge in [-0.3, -0.25) is 9.78 Å². The maximum Gasteiger partial charge on any atom is 0.253 e. The highest BCUT2D eigenvalue weighted by atomic mass is 16.5. The number of carbonyl (C=O) groups is 1. The molecule has 174 valence electrons. The van der Waals surface area contributed by atoms with Crippen molar-refractivity contribution in [1.82, 2.24) is 15.0 Å². The molecular formula is C28H29N3O3. The van der Waals surface area contributed by atoms with E-state index < -0.39 is 0 Å². The zero-order chi connectivity index (χ0) is 23.9. The van der Waals surface area contributed by atoms with E-state index in [0.717, 1.165) is 52.3 Å². The number of aryl methyl sites for hydroxylation is 3. The lowest BCUT2D eigenvalue weighted by molar-refractivity contribution is 0.0792. The predicted molar refractivity (Wildman–Crippen MR) is 132 cm³/mol. The summed E-state index contributed by atoms with van der Waals surface area (Å²) in [6.45, 7) is 5.00. The molecule has 2 aromatic carbocycles. The second-order valence-electron chi connectivity index (χ2n) is 8.46. The van der Waals surface area contributed by atoms with E-state index in [1.165, 1.54) is 0 Å². The van der Waals surface area contributed by atoms with Gasteiger partial charge in [0.2, 0.25) is 0 Å². The minimum absolute atomic E-state index is 0.00689. The van der Waals surface area contributed by atoms with Crippen LogP contribution in [0, 0.1) is 13.8 Å². The van der Waals surface area contributed by atoms with Crippen LogP contribution in [0.25, 0.3) is 11.3 Å². The Hall–Kier alpha value is -3.93. The number of nitrogens with zero attached hydrogens (tertiary/aromatic N) is 3. The Labute approximate surface area is 200 Å². The first-order chi connectivity index (χ1) is 16.5. The molecule has 0 aliphatic carbocycles. The number of hydrogen-bond acceptors (Lipinski definition) is 5. The van der Waals surface area contributed by atoms with Crippen LogP contribution < -0.4 is 4.74 Å². The van der Waals surface area contributed by atoms with Gasteiger partial charge < -0.3 is 14.2 Å². The largest absolute Gasteiger partial charge is 0.488 e. The quantitative estimate of drug-likeness (QED) is 0.327. The van der Waals surface area contributed by atoms with Gasteiger partial charge in [0.15, 0.2) is 0 Å². The molecule has 0 fully saturated rings. The molecule has 4 aromatic rings. The molecule has 2 aromatic heterocycles. The molecule has 0 saturated heterocycles. The summed E-state index contributed by atoms with van der Waals surface area (Å²) in [6.07, 6.45) is 5.04. The van der Waals surface area contributed by atoms with Crippen molar-refractivity contribution in [1.29, 1.82) is 0 Å². The fraction of sp³-hybridized carbons (Fsp3) is 0.250. The first-order valence-corrected chi connectivity index (χ1v) is 11.4. The van der Waals surface area contributed by atoms with Gasteiger partial charge in [0.05, 0.1) is 0 Å². The van der Waals surface area contributed by atoms with Gasteiger partial charge >= 0.3 is 0 Å². The highest BCUT2D eigenvalue weighted by Crippen LogP contribution is 2.26. The Morgan fingerprint density at radius 3 is 2.50 bits per heavy atom. The molecule has 1 amide bonds. The Kier molecular flexibility index (Phi) is 7.38. The molecule has 0 unspecified atom stereocenters. The van der Waals surface area contributed by atoms with Crippen molar-refractivity contribution in [2.45, 2.75) is 33.3 Å². The standard InChI is InChI=1S/C28H29N3O3/c1-20-15-24(16-21(2)27(20)33-19-22-9-7-13-29-18-22)28(32)31(3)14-8-12-25-17-26(30-34-25)23-10-5-4-6-11-23/h4-7,9-11,13,15-18H,8,12,14,19H2,1-3H3. The molecule has 4 rings (SSSR count). The second kappa shape index (κ2) is 10.8. The highest BCUT2D eigenvalue weighted by Gasteiger charge is 2.16. The predicted octanol–water partition coefficient (Wildman–Crippen LogP) is 5.64. The molecule has 34 heavy (non-hydrogen) atoms. The Balaban J connectivity index is 1.32. The van der Waals surface area contributed by atoms with Crippen molar-refractivity contribution >= 4 is 5.91 Å². The average Bonchev–Trinajstić information content (AvgIpc) is 3.33. The fourth-order valence-corrected chi connectivity index (χ4v) is 3.93. The van der Waals surface area contributed by atoms with E-state index in [1.807, 2.05) is 81.6 Å². The number of benzene rings is 2. The third-order valence-corrected chi connectivity index (χ3v) is 5.71. The van der Waals surface area contributed by atoms with Crippen LogP contribution in [0.1, 0.15) is 39.2 Å². The third-order valence-electron chi connectivity index (χ3n) is 5.71. The monoisotopic (exact) mass is 455 g/mol.